The summed E-state index contributed by atoms with van der Waals surface area (Å²) in [5.41, 5.74) is 5.55. The van der Waals surface area contributed by atoms with Crippen molar-refractivity contribution in [1.29, 1.82) is 0 Å². The van der Waals surface area contributed by atoms with Gasteiger partial charge in [-0.05, 0) is 49.8 Å². The number of ether oxygens (including phenoxy) is 1. The maximum absolute atomic E-state index is 12.9. The van der Waals surface area contributed by atoms with E-state index in [9.17, 15) is 14.4 Å². The molecule has 6 nitrogen and oxygen atoms in total. The first-order chi connectivity index (χ1) is 12.9. The van der Waals surface area contributed by atoms with E-state index in [-0.39, 0.29) is 18.5 Å². The molecule has 1 aliphatic heterocycles. The lowest BCUT2D eigenvalue weighted by atomic mass is 9.79. The number of halogens is 1. The molecule has 1 aliphatic carbocycles. The Hall–Kier alpha value is -2.08. The number of hydrogen-bond donors (Lipinski definition) is 1. The Balaban J connectivity index is 1.68. The molecule has 3 rings (SSSR count). The third-order valence-corrected chi connectivity index (χ3v) is 5.97. The van der Waals surface area contributed by atoms with Crippen LogP contribution in [0, 0.1) is 0 Å². The molecular weight excluding hydrogens is 368 g/mol. The zero-order valence-electron chi connectivity index (χ0n) is 15.3. The van der Waals surface area contributed by atoms with Crippen molar-refractivity contribution in [2.24, 2.45) is 5.73 Å². The highest BCUT2D eigenvalue weighted by molar-refractivity contribution is 6.30. The van der Waals surface area contributed by atoms with Gasteiger partial charge < -0.3 is 15.4 Å². The molecule has 0 radical (unpaired) electrons. The first-order valence-electron chi connectivity index (χ1n) is 9.46. The first kappa shape index (κ1) is 19.7. The average Bonchev–Trinajstić information content (AvgIpc) is 3.17. The third-order valence-electron chi connectivity index (χ3n) is 5.72. The number of likely N-dealkylation sites (tertiary alicyclic amines) is 1. The fourth-order valence-electron chi connectivity index (χ4n) is 4.23. The number of rotatable bonds is 5. The molecule has 146 valence electrons. The van der Waals surface area contributed by atoms with Crippen molar-refractivity contribution < 1.29 is 19.1 Å². The molecule has 0 aromatic heterocycles. The van der Waals surface area contributed by atoms with Gasteiger partial charge in [0.2, 0.25) is 5.91 Å². The molecule has 2 amide bonds. The monoisotopic (exact) mass is 392 g/mol. The lowest BCUT2D eigenvalue weighted by Crippen LogP contribution is -2.52. The maximum Gasteiger partial charge on any atom is 0.317 e. The minimum atomic E-state index is -0.726. The maximum atomic E-state index is 12.9. The molecule has 1 saturated carbocycles. The molecule has 1 saturated heterocycles. The van der Waals surface area contributed by atoms with Gasteiger partial charge in [-0.3, -0.25) is 14.4 Å². The lowest BCUT2D eigenvalue weighted by Gasteiger charge is -2.34. The van der Waals surface area contributed by atoms with E-state index in [4.69, 9.17) is 22.1 Å². The van der Waals surface area contributed by atoms with Gasteiger partial charge in [0.15, 0.2) is 6.61 Å². The number of hydrogen-bond acceptors (Lipinski definition) is 4. The lowest BCUT2D eigenvalue weighted by molar-refractivity contribution is -0.159. The fraction of sp³-hybridized carbons (Fsp3) is 0.550. The summed E-state index contributed by atoms with van der Waals surface area (Å²) in [4.78, 5) is 38.5. The molecular formula is C20H25ClN2O4. The SMILES string of the molecule is NC(=O)[C@H]1CCCCN1C(=O)COC(=O)C1(c2ccc(Cl)cc2)CCCC1. The molecule has 1 aromatic carbocycles. The van der Waals surface area contributed by atoms with Gasteiger partial charge in [-0.2, -0.15) is 0 Å². The number of carbonyl (C=O) groups excluding carboxylic acids is 3. The second-order valence-electron chi connectivity index (χ2n) is 7.37. The minimum absolute atomic E-state index is 0.363. The van der Waals surface area contributed by atoms with Crippen LogP contribution in [0.4, 0.5) is 0 Å². The van der Waals surface area contributed by atoms with Gasteiger partial charge in [0, 0.05) is 11.6 Å². The summed E-state index contributed by atoms with van der Waals surface area (Å²) in [6, 6.07) is 6.62. The van der Waals surface area contributed by atoms with Crippen LogP contribution >= 0.6 is 11.6 Å². The second kappa shape index (κ2) is 8.30. The van der Waals surface area contributed by atoms with Crippen molar-refractivity contribution in [2.75, 3.05) is 13.2 Å². The molecule has 1 aromatic rings. The molecule has 0 bridgehead atoms. The minimum Gasteiger partial charge on any atom is -0.455 e. The zero-order valence-corrected chi connectivity index (χ0v) is 16.0. The number of piperidine rings is 1. The quantitative estimate of drug-likeness (QED) is 0.780. The number of nitrogens with two attached hydrogens (primary N) is 1. The standard InChI is InChI=1S/C20H25ClN2O4/c21-15-8-6-14(7-9-15)20(10-2-3-11-20)19(26)27-13-17(24)23-12-4-1-5-16(23)18(22)25/h6-9,16H,1-5,10-13H2,(H2,22,25)/t16-/m1/s1. The Morgan fingerprint density at radius 3 is 2.41 bits per heavy atom. The van der Waals surface area contributed by atoms with Gasteiger partial charge in [0.05, 0.1) is 5.41 Å². The van der Waals surface area contributed by atoms with E-state index in [0.29, 0.717) is 30.8 Å². The molecule has 0 unspecified atom stereocenters. The molecule has 0 spiro atoms. The van der Waals surface area contributed by atoms with Crippen molar-refractivity contribution in [3.63, 3.8) is 0 Å². The van der Waals surface area contributed by atoms with Crippen LogP contribution in [0.2, 0.25) is 5.02 Å². The normalized spacial score (nSPS) is 21.7. The van der Waals surface area contributed by atoms with Gasteiger partial charge in [-0.1, -0.05) is 36.6 Å². The van der Waals surface area contributed by atoms with Crippen LogP contribution in [-0.4, -0.2) is 41.9 Å². The van der Waals surface area contributed by atoms with Crippen molar-refractivity contribution >= 4 is 29.4 Å². The molecule has 1 atom stereocenters. The number of benzene rings is 1. The molecule has 2 N–H and O–H groups in total. The highest BCUT2D eigenvalue weighted by Crippen LogP contribution is 2.42. The number of amides is 2. The van der Waals surface area contributed by atoms with Crippen molar-refractivity contribution in [1.82, 2.24) is 4.90 Å². The summed E-state index contributed by atoms with van der Waals surface area (Å²) in [5.74, 6) is -1.26. The highest BCUT2D eigenvalue weighted by atomic mass is 35.5. The van der Waals surface area contributed by atoms with Crippen LogP contribution in [0.1, 0.15) is 50.5 Å². The largest absolute Gasteiger partial charge is 0.455 e. The summed E-state index contributed by atoms with van der Waals surface area (Å²) in [6.45, 7) is 0.101. The summed E-state index contributed by atoms with van der Waals surface area (Å²) in [7, 11) is 0. The number of primary amides is 1. The first-order valence-corrected chi connectivity index (χ1v) is 9.84. The molecule has 27 heavy (non-hydrogen) atoms. The predicted molar refractivity (Wildman–Crippen MR) is 101 cm³/mol. The van der Waals surface area contributed by atoms with Crippen LogP contribution < -0.4 is 5.73 Å². The molecule has 2 aliphatic rings. The number of esters is 1. The summed E-state index contributed by atoms with van der Waals surface area (Å²) in [5, 5.41) is 0.609. The van der Waals surface area contributed by atoms with Gasteiger partial charge >= 0.3 is 5.97 Å². The fourth-order valence-corrected chi connectivity index (χ4v) is 4.36. The van der Waals surface area contributed by atoms with E-state index in [1.807, 2.05) is 12.1 Å². The average molecular weight is 393 g/mol. The molecule has 7 heteroatoms. The van der Waals surface area contributed by atoms with Gasteiger partial charge in [-0.15, -0.1) is 0 Å². The summed E-state index contributed by atoms with van der Waals surface area (Å²) < 4.78 is 5.44. The van der Waals surface area contributed by atoms with Gasteiger partial charge in [-0.25, -0.2) is 0 Å². The van der Waals surface area contributed by atoms with E-state index < -0.39 is 17.4 Å². The Kier molecular flexibility index (Phi) is 6.05. The molecule has 2 fully saturated rings. The summed E-state index contributed by atoms with van der Waals surface area (Å²) >= 11 is 5.97. The summed E-state index contributed by atoms with van der Waals surface area (Å²) in [6.07, 6.45) is 5.48. The van der Waals surface area contributed by atoms with E-state index >= 15 is 0 Å². The zero-order chi connectivity index (χ0) is 19.4. The van der Waals surface area contributed by atoms with Crippen molar-refractivity contribution in [3.05, 3.63) is 34.9 Å². The van der Waals surface area contributed by atoms with Gasteiger partial charge in [0.25, 0.3) is 5.91 Å². The van der Waals surface area contributed by atoms with E-state index in [1.54, 1.807) is 12.1 Å². The predicted octanol–water partition coefficient (Wildman–Crippen LogP) is 2.56. The van der Waals surface area contributed by atoms with Crippen LogP contribution in [0.15, 0.2) is 24.3 Å². The topological polar surface area (TPSA) is 89.7 Å². The third kappa shape index (κ3) is 4.10. The highest BCUT2D eigenvalue weighted by Gasteiger charge is 2.44. The Morgan fingerprint density at radius 1 is 1.11 bits per heavy atom. The van der Waals surface area contributed by atoms with Crippen LogP contribution in [-0.2, 0) is 24.5 Å². The Morgan fingerprint density at radius 2 is 1.78 bits per heavy atom. The van der Waals surface area contributed by atoms with E-state index in [2.05, 4.69) is 0 Å². The van der Waals surface area contributed by atoms with Crippen molar-refractivity contribution in [3.8, 4) is 0 Å². The smallest absolute Gasteiger partial charge is 0.317 e. The number of nitrogens with zero attached hydrogens (tertiary/aromatic N) is 1. The Labute approximate surface area is 164 Å². The van der Waals surface area contributed by atoms with Crippen molar-refractivity contribution in [2.45, 2.75) is 56.4 Å². The molecule has 1 heterocycles. The van der Waals surface area contributed by atoms with E-state index in [0.717, 1.165) is 31.2 Å². The van der Waals surface area contributed by atoms with E-state index in [1.165, 1.54) is 4.90 Å². The number of carbonyl (C=O) groups is 3. The van der Waals surface area contributed by atoms with Crippen LogP contribution in [0.5, 0.6) is 0 Å². The van der Waals surface area contributed by atoms with Crippen LogP contribution in [0.3, 0.4) is 0 Å². The van der Waals surface area contributed by atoms with Gasteiger partial charge in [0.1, 0.15) is 6.04 Å². The van der Waals surface area contributed by atoms with Crippen LogP contribution in [0.25, 0.3) is 0 Å². The second-order valence-corrected chi connectivity index (χ2v) is 7.81. The Bertz CT molecular complexity index is 713.